The van der Waals surface area contributed by atoms with E-state index in [0.29, 0.717) is 31.7 Å². The molecule has 4 amide bonds. The van der Waals surface area contributed by atoms with Crippen LogP contribution in [0.1, 0.15) is 91.0 Å². The van der Waals surface area contributed by atoms with Crippen molar-refractivity contribution in [3.63, 3.8) is 0 Å². The highest BCUT2D eigenvalue weighted by Crippen LogP contribution is 2.46. The first-order valence-electron chi connectivity index (χ1n) is 17.2. The average molecular weight is 683 g/mol. The fraction of sp³-hybridized carbons (Fsp3) is 0.618. The van der Waals surface area contributed by atoms with E-state index in [9.17, 15) is 27.6 Å². The molecule has 14 heteroatoms. The fourth-order valence-corrected chi connectivity index (χ4v) is 8.32. The number of nitrogens with one attached hydrogen (secondary N) is 3. The number of rotatable bonds is 8. The average Bonchev–Trinajstić information content (AvgIpc) is 3.94. The van der Waals surface area contributed by atoms with Crippen LogP contribution >= 0.6 is 0 Å². The molecule has 1 unspecified atom stereocenters. The summed E-state index contributed by atoms with van der Waals surface area (Å²) in [6, 6.07) is 6.31. The minimum Gasteiger partial charge on any atom is -0.459 e. The summed E-state index contributed by atoms with van der Waals surface area (Å²) in [5.74, 6) is -2.47. The van der Waals surface area contributed by atoms with Gasteiger partial charge in [-0.3, -0.25) is 28.5 Å². The Morgan fingerprint density at radius 1 is 1.15 bits per heavy atom. The van der Waals surface area contributed by atoms with Gasteiger partial charge in [0, 0.05) is 25.3 Å². The Morgan fingerprint density at radius 2 is 1.92 bits per heavy atom. The molecule has 2 aliphatic carbocycles. The second kappa shape index (κ2) is 13.5. The first kappa shape index (κ1) is 33.9. The van der Waals surface area contributed by atoms with Crippen molar-refractivity contribution in [3.05, 3.63) is 36.4 Å². The molecular weight excluding hydrogens is 636 g/mol. The minimum absolute atomic E-state index is 0.0648. The van der Waals surface area contributed by atoms with Crippen LogP contribution in [0.5, 0.6) is 6.01 Å². The number of carbonyl (C=O) groups excluding carboxylic acids is 4. The molecule has 3 heterocycles. The number of nitrogens with zero attached hydrogens (tertiary/aromatic N) is 3. The van der Waals surface area contributed by atoms with Crippen molar-refractivity contribution in [3.8, 4) is 6.01 Å². The Balaban J connectivity index is 1.31. The molecule has 0 bridgehead atoms. The number of fused-ring (bicyclic) bond motifs is 3. The zero-order chi connectivity index (χ0) is 34.2. The second-order valence-corrected chi connectivity index (χ2v) is 15.7. The molecule has 3 N–H and O–H groups in total. The predicted molar refractivity (Wildman–Crippen MR) is 178 cm³/mol. The third-order valence-corrected chi connectivity index (χ3v) is 11.9. The van der Waals surface area contributed by atoms with Crippen LogP contribution in [0.2, 0.25) is 0 Å². The van der Waals surface area contributed by atoms with E-state index in [-0.39, 0.29) is 37.3 Å². The molecule has 0 radical (unpaired) electrons. The highest BCUT2D eigenvalue weighted by Gasteiger charge is 2.62. The van der Waals surface area contributed by atoms with Crippen molar-refractivity contribution in [2.45, 2.75) is 120 Å². The summed E-state index contributed by atoms with van der Waals surface area (Å²) in [7, 11) is -3.85. The van der Waals surface area contributed by atoms with Crippen LogP contribution in [0.15, 0.2) is 36.4 Å². The third kappa shape index (κ3) is 6.94. The van der Waals surface area contributed by atoms with Crippen LogP contribution in [0.25, 0.3) is 11.0 Å². The Morgan fingerprint density at radius 3 is 2.65 bits per heavy atom. The van der Waals surface area contributed by atoms with Gasteiger partial charge in [-0.25, -0.2) is 8.42 Å². The van der Waals surface area contributed by atoms with Gasteiger partial charge in [-0.05, 0) is 64.0 Å². The number of allylic oxidation sites excluding steroid dienone is 1. The van der Waals surface area contributed by atoms with Gasteiger partial charge in [-0.15, -0.1) is 0 Å². The van der Waals surface area contributed by atoms with Gasteiger partial charge in [0.05, 0.1) is 22.8 Å². The zero-order valence-corrected chi connectivity index (χ0v) is 28.6. The van der Waals surface area contributed by atoms with Gasteiger partial charge < -0.3 is 20.3 Å². The molecule has 13 nitrogen and oxygen atoms in total. The van der Waals surface area contributed by atoms with Gasteiger partial charge in [-0.2, -0.15) is 4.98 Å². The molecule has 1 aromatic heterocycles. The van der Waals surface area contributed by atoms with Gasteiger partial charge in [0.25, 0.3) is 11.9 Å². The summed E-state index contributed by atoms with van der Waals surface area (Å²) >= 11 is 0. The number of benzene rings is 1. The molecule has 4 aliphatic rings. The van der Waals surface area contributed by atoms with Crippen molar-refractivity contribution >= 4 is 44.7 Å². The summed E-state index contributed by atoms with van der Waals surface area (Å²) < 4.78 is 36.2. The number of hydrogen-bond donors (Lipinski definition) is 3. The van der Waals surface area contributed by atoms with Crippen molar-refractivity contribution in [1.29, 1.82) is 0 Å². The van der Waals surface area contributed by atoms with E-state index < -0.39 is 56.7 Å². The van der Waals surface area contributed by atoms with Crippen LogP contribution < -0.4 is 20.1 Å². The molecule has 260 valence electrons. The van der Waals surface area contributed by atoms with Crippen molar-refractivity contribution in [1.82, 2.24) is 29.8 Å². The molecule has 0 spiro atoms. The Bertz CT molecular complexity index is 1720. The number of para-hydroxylation sites is 2. The summed E-state index contributed by atoms with van der Waals surface area (Å²) in [5.41, 5.74) is 0.226. The van der Waals surface area contributed by atoms with Gasteiger partial charge in [0.15, 0.2) is 0 Å². The molecule has 1 saturated heterocycles. The summed E-state index contributed by atoms with van der Waals surface area (Å²) in [6.45, 7) is 5.57. The molecule has 1 aromatic carbocycles. The smallest absolute Gasteiger partial charge is 0.297 e. The molecule has 48 heavy (non-hydrogen) atoms. The van der Waals surface area contributed by atoms with Crippen molar-refractivity contribution in [2.24, 2.45) is 5.92 Å². The third-order valence-electron chi connectivity index (χ3n) is 10.1. The SMILES string of the molecule is CCC(C)n1c(O[C@@H]2C[C@H]3C(=O)N[C@]4(C(=O)NS(=O)(=O)C5CC5)C[C@H]4/C=C\CCCCC[C@H](NC(C)=O)C(=O)N3C2)nc2ccccc21. The zero-order valence-electron chi connectivity index (χ0n) is 27.8. The number of ether oxygens (including phenoxy) is 1. The minimum atomic E-state index is -3.85. The maximum absolute atomic E-state index is 14.2. The lowest BCUT2D eigenvalue weighted by atomic mass is 10.0. The number of sulfonamides is 1. The number of imidazole rings is 1. The number of amides is 4. The molecular formula is C34H46N6O7S. The highest BCUT2D eigenvalue weighted by atomic mass is 32.2. The van der Waals surface area contributed by atoms with E-state index >= 15 is 0 Å². The maximum atomic E-state index is 14.2. The van der Waals surface area contributed by atoms with Crippen LogP contribution in [0, 0.1) is 5.92 Å². The van der Waals surface area contributed by atoms with Crippen molar-refractivity contribution in [2.75, 3.05) is 6.54 Å². The van der Waals surface area contributed by atoms with Crippen LogP contribution in [-0.2, 0) is 29.2 Å². The van der Waals surface area contributed by atoms with Crippen molar-refractivity contribution < 1.29 is 32.3 Å². The monoisotopic (exact) mass is 682 g/mol. The predicted octanol–water partition coefficient (Wildman–Crippen LogP) is 2.86. The molecule has 2 aliphatic heterocycles. The highest BCUT2D eigenvalue weighted by molar-refractivity contribution is 7.91. The van der Waals surface area contributed by atoms with E-state index in [1.807, 2.05) is 41.0 Å². The molecule has 3 fully saturated rings. The van der Waals surface area contributed by atoms with E-state index in [0.717, 1.165) is 36.7 Å². The normalized spacial score (nSPS) is 29.4. The maximum Gasteiger partial charge on any atom is 0.297 e. The second-order valence-electron chi connectivity index (χ2n) is 13.8. The number of aromatic nitrogens is 2. The molecule has 2 aromatic rings. The summed E-state index contributed by atoms with van der Waals surface area (Å²) in [4.78, 5) is 60.3. The molecule has 6 atom stereocenters. The van der Waals surface area contributed by atoms with Crippen LogP contribution in [0.3, 0.4) is 0 Å². The number of hydrogen-bond acceptors (Lipinski definition) is 8. The quantitative estimate of drug-likeness (QED) is 0.357. The standard InChI is InChI=1S/C34H46N6O7S/c1-4-21(2)40-28-15-11-10-13-26(28)36-33(40)47-24-18-29-30(42)37-34(32(44)38-48(45,46)25-16-17-25)19-23(34)12-8-6-5-7-9-14-27(35-22(3)41)31(43)39(29)20-24/h8,10-13,15,21,23-25,27,29H,4-7,9,14,16-20H2,1-3H3,(H,35,41)(H,37,42)(H,38,44)/b12-8-/t21?,23-,24-,27+,29+,34-/m1/s1. The van der Waals surface area contributed by atoms with Gasteiger partial charge in [-0.1, -0.05) is 44.1 Å². The lowest BCUT2D eigenvalue weighted by Gasteiger charge is -2.29. The van der Waals surface area contributed by atoms with E-state index in [1.165, 1.54) is 11.8 Å². The Hall–Kier alpha value is -3.94. The summed E-state index contributed by atoms with van der Waals surface area (Å²) in [6.07, 6.45) is 8.91. The van der Waals surface area contributed by atoms with Gasteiger partial charge >= 0.3 is 0 Å². The Labute approximate surface area is 281 Å². The van der Waals surface area contributed by atoms with Crippen LogP contribution in [-0.4, -0.2) is 82.0 Å². The van der Waals surface area contributed by atoms with Crippen LogP contribution in [0.4, 0.5) is 0 Å². The van der Waals surface area contributed by atoms with Gasteiger partial charge in [0.2, 0.25) is 27.7 Å². The van der Waals surface area contributed by atoms with E-state index in [2.05, 4.69) is 29.2 Å². The molecule has 2 saturated carbocycles. The first-order valence-corrected chi connectivity index (χ1v) is 18.7. The number of carbonyl (C=O) groups is 4. The largest absolute Gasteiger partial charge is 0.459 e. The summed E-state index contributed by atoms with van der Waals surface area (Å²) in [5, 5.41) is 5.07. The topological polar surface area (TPSA) is 169 Å². The fourth-order valence-electron chi connectivity index (χ4n) is 6.96. The Kier molecular flexibility index (Phi) is 9.56. The van der Waals surface area contributed by atoms with E-state index in [1.54, 1.807) is 0 Å². The van der Waals surface area contributed by atoms with E-state index in [4.69, 9.17) is 9.72 Å². The molecule has 6 rings (SSSR count). The first-order chi connectivity index (χ1) is 22.9. The lowest BCUT2D eigenvalue weighted by molar-refractivity contribution is -0.142. The lowest BCUT2D eigenvalue weighted by Crippen LogP contribution is -2.58. The van der Waals surface area contributed by atoms with Gasteiger partial charge in [0.1, 0.15) is 23.7 Å².